The van der Waals surface area contributed by atoms with Crippen LogP contribution < -0.4 is 5.32 Å². The third-order valence-electron chi connectivity index (χ3n) is 2.80. The Balaban J connectivity index is 2.32. The Morgan fingerprint density at radius 2 is 2.36 bits per heavy atom. The minimum absolute atomic E-state index is 0.553. The van der Waals surface area contributed by atoms with Crippen molar-refractivity contribution in [1.29, 1.82) is 0 Å². The molecule has 0 aromatic carbocycles. The van der Waals surface area contributed by atoms with Crippen molar-refractivity contribution in [2.24, 2.45) is 5.92 Å². The molecule has 1 fully saturated rings. The van der Waals surface area contributed by atoms with E-state index in [-0.39, 0.29) is 0 Å². The fourth-order valence-corrected chi connectivity index (χ4v) is 1.92. The van der Waals surface area contributed by atoms with Gasteiger partial charge in [-0.2, -0.15) is 0 Å². The molecule has 0 aromatic heterocycles. The van der Waals surface area contributed by atoms with Crippen LogP contribution in [0.15, 0.2) is 0 Å². The molecule has 0 saturated carbocycles. The molecular weight excluding hydrogens is 176 g/mol. The second kappa shape index (κ2) is 6.38. The van der Waals surface area contributed by atoms with Gasteiger partial charge in [0.1, 0.15) is 0 Å². The zero-order chi connectivity index (χ0) is 10.4. The average molecular weight is 200 g/mol. The average Bonchev–Trinajstić information content (AvgIpc) is 2.39. The molecule has 1 saturated heterocycles. The van der Waals surface area contributed by atoms with Crippen LogP contribution in [0.2, 0.25) is 0 Å². The first kappa shape index (κ1) is 12.0. The molecule has 2 atom stereocenters. The van der Waals surface area contributed by atoms with Crippen molar-refractivity contribution >= 4 is 0 Å². The summed E-state index contributed by atoms with van der Waals surface area (Å²) in [6.45, 7) is 12.9. The van der Waals surface area contributed by atoms with Gasteiger partial charge in [0.15, 0.2) is 0 Å². The zero-order valence-electron chi connectivity index (χ0n) is 9.75. The number of ether oxygens (including phenoxy) is 1. The predicted molar refractivity (Wildman–Crippen MR) is 59.6 cm³/mol. The second-order valence-corrected chi connectivity index (χ2v) is 4.31. The van der Waals surface area contributed by atoms with Crippen LogP contribution in [0.1, 0.15) is 20.8 Å². The molecule has 0 amide bonds. The lowest BCUT2D eigenvalue weighted by atomic mass is 10.1. The third kappa shape index (κ3) is 3.95. The van der Waals surface area contributed by atoms with E-state index in [9.17, 15) is 0 Å². The van der Waals surface area contributed by atoms with Crippen LogP contribution >= 0.6 is 0 Å². The van der Waals surface area contributed by atoms with Crippen molar-refractivity contribution in [2.45, 2.75) is 26.8 Å². The highest BCUT2D eigenvalue weighted by molar-refractivity contribution is 4.75. The van der Waals surface area contributed by atoms with Crippen LogP contribution in [0, 0.1) is 5.92 Å². The maximum Gasteiger partial charge on any atom is 0.0619 e. The Bertz CT molecular complexity index is 152. The molecule has 0 bridgehead atoms. The summed E-state index contributed by atoms with van der Waals surface area (Å²) in [5.74, 6) is 0.751. The Morgan fingerprint density at radius 3 is 3.07 bits per heavy atom. The summed E-state index contributed by atoms with van der Waals surface area (Å²) in [5.41, 5.74) is 0. The molecule has 0 radical (unpaired) electrons. The molecule has 1 N–H and O–H groups in total. The summed E-state index contributed by atoms with van der Waals surface area (Å²) < 4.78 is 5.46. The molecule has 2 unspecified atom stereocenters. The minimum atomic E-state index is 0.553. The van der Waals surface area contributed by atoms with Crippen LogP contribution in [-0.4, -0.2) is 50.3 Å². The molecule has 3 nitrogen and oxygen atoms in total. The summed E-state index contributed by atoms with van der Waals surface area (Å²) >= 11 is 0. The standard InChI is InChI=1S/C11H24N2O/c1-4-14-9-11(3)13-6-5-12-7-10(2)8-13/h10-12H,4-9H2,1-3H3. The van der Waals surface area contributed by atoms with Gasteiger partial charge in [-0.15, -0.1) is 0 Å². The normalized spacial score (nSPS) is 27.2. The van der Waals surface area contributed by atoms with Gasteiger partial charge in [-0.05, 0) is 26.3 Å². The van der Waals surface area contributed by atoms with Gasteiger partial charge in [-0.3, -0.25) is 4.90 Å². The van der Waals surface area contributed by atoms with E-state index in [4.69, 9.17) is 4.74 Å². The van der Waals surface area contributed by atoms with Crippen LogP contribution in [0.5, 0.6) is 0 Å². The lowest BCUT2D eigenvalue weighted by Crippen LogP contribution is -2.40. The molecular formula is C11H24N2O. The lowest BCUT2D eigenvalue weighted by Gasteiger charge is -2.28. The maximum absolute atomic E-state index is 5.46. The molecule has 1 aliphatic rings. The largest absolute Gasteiger partial charge is 0.380 e. The number of nitrogens with one attached hydrogen (secondary N) is 1. The summed E-state index contributed by atoms with van der Waals surface area (Å²) in [5, 5.41) is 3.46. The smallest absolute Gasteiger partial charge is 0.0619 e. The highest BCUT2D eigenvalue weighted by Crippen LogP contribution is 2.07. The van der Waals surface area contributed by atoms with Crippen molar-refractivity contribution in [3.63, 3.8) is 0 Å². The summed E-state index contributed by atoms with van der Waals surface area (Å²) in [6, 6.07) is 0.553. The third-order valence-corrected chi connectivity index (χ3v) is 2.80. The fraction of sp³-hybridized carbons (Fsp3) is 1.00. The highest BCUT2D eigenvalue weighted by atomic mass is 16.5. The fourth-order valence-electron chi connectivity index (χ4n) is 1.92. The Labute approximate surface area is 87.8 Å². The number of hydrogen-bond donors (Lipinski definition) is 1. The summed E-state index contributed by atoms with van der Waals surface area (Å²) in [4.78, 5) is 2.53. The number of rotatable bonds is 4. The lowest BCUT2D eigenvalue weighted by molar-refractivity contribution is 0.0719. The van der Waals surface area contributed by atoms with Gasteiger partial charge < -0.3 is 10.1 Å². The van der Waals surface area contributed by atoms with Crippen LogP contribution in [-0.2, 0) is 4.74 Å². The monoisotopic (exact) mass is 200 g/mol. The summed E-state index contributed by atoms with van der Waals surface area (Å²) in [6.07, 6.45) is 0. The first-order valence-electron chi connectivity index (χ1n) is 5.76. The Morgan fingerprint density at radius 1 is 1.57 bits per heavy atom. The highest BCUT2D eigenvalue weighted by Gasteiger charge is 2.18. The second-order valence-electron chi connectivity index (χ2n) is 4.31. The van der Waals surface area contributed by atoms with Gasteiger partial charge in [0.2, 0.25) is 0 Å². The van der Waals surface area contributed by atoms with Crippen molar-refractivity contribution in [2.75, 3.05) is 39.4 Å². The van der Waals surface area contributed by atoms with E-state index < -0.39 is 0 Å². The van der Waals surface area contributed by atoms with Gasteiger partial charge in [0.25, 0.3) is 0 Å². The van der Waals surface area contributed by atoms with Crippen molar-refractivity contribution in [3.05, 3.63) is 0 Å². The molecule has 0 aromatic rings. The van der Waals surface area contributed by atoms with E-state index in [2.05, 4.69) is 31.0 Å². The topological polar surface area (TPSA) is 24.5 Å². The summed E-state index contributed by atoms with van der Waals surface area (Å²) in [7, 11) is 0. The van der Waals surface area contributed by atoms with Crippen molar-refractivity contribution < 1.29 is 4.74 Å². The molecule has 0 spiro atoms. The molecule has 1 rings (SSSR count). The van der Waals surface area contributed by atoms with E-state index in [1.165, 1.54) is 6.54 Å². The van der Waals surface area contributed by atoms with E-state index in [0.717, 1.165) is 38.8 Å². The van der Waals surface area contributed by atoms with E-state index >= 15 is 0 Å². The molecule has 1 heterocycles. The quantitative estimate of drug-likeness (QED) is 0.731. The van der Waals surface area contributed by atoms with Crippen molar-refractivity contribution in [3.8, 4) is 0 Å². The van der Waals surface area contributed by atoms with Gasteiger partial charge in [0.05, 0.1) is 6.61 Å². The van der Waals surface area contributed by atoms with E-state index in [1.54, 1.807) is 0 Å². The predicted octanol–water partition coefficient (Wildman–Crippen LogP) is 0.953. The molecule has 1 aliphatic heterocycles. The Kier molecular flexibility index (Phi) is 5.45. The number of hydrogen-bond acceptors (Lipinski definition) is 3. The number of nitrogens with zero attached hydrogens (tertiary/aromatic N) is 1. The van der Waals surface area contributed by atoms with Gasteiger partial charge in [-0.1, -0.05) is 6.92 Å². The van der Waals surface area contributed by atoms with Crippen molar-refractivity contribution in [1.82, 2.24) is 10.2 Å². The first-order chi connectivity index (χ1) is 6.74. The zero-order valence-corrected chi connectivity index (χ0v) is 9.75. The van der Waals surface area contributed by atoms with Gasteiger partial charge >= 0.3 is 0 Å². The van der Waals surface area contributed by atoms with Gasteiger partial charge in [0, 0.05) is 32.3 Å². The van der Waals surface area contributed by atoms with E-state index in [0.29, 0.717) is 6.04 Å². The Hall–Kier alpha value is -0.120. The van der Waals surface area contributed by atoms with Crippen LogP contribution in [0.4, 0.5) is 0 Å². The van der Waals surface area contributed by atoms with Crippen LogP contribution in [0.3, 0.4) is 0 Å². The molecule has 3 heteroatoms. The van der Waals surface area contributed by atoms with E-state index in [1.807, 2.05) is 0 Å². The van der Waals surface area contributed by atoms with Gasteiger partial charge in [-0.25, -0.2) is 0 Å². The van der Waals surface area contributed by atoms with Crippen LogP contribution in [0.25, 0.3) is 0 Å². The minimum Gasteiger partial charge on any atom is -0.380 e. The first-order valence-corrected chi connectivity index (χ1v) is 5.76. The SMILES string of the molecule is CCOCC(C)N1CCNCC(C)C1. The maximum atomic E-state index is 5.46. The molecule has 14 heavy (non-hydrogen) atoms. The molecule has 0 aliphatic carbocycles. The molecule has 84 valence electrons.